The summed E-state index contributed by atoms with van der Waals surface area (Å²) in [4.78, 5) is 12.6. The summed E-state index contributed by atoms with van der Waals surface area (Å²) in [7, 11) is 4.98. The number of carbonyl (C=O) groups is 1. The molecule has 0 aromatic heterocycles. The van der Waals surface area contributed by atoms with Crippen LogP contribution in [0.1, 0.15) is 0 Å². The second kappa shape index (κ2) is 4.49. The molecule has 1 amide bonds. The third kappa shape index (κ3) is 2.84. The van der Waals surface area contributed by atoms with Gasteiger partial charge >= 0.3 is 0 Å². The minimum atomic E-state index is -0.172. The van der Waals surface area contributed by atoms with Crippen LogP contribution in [-0.4, -0.2) is 38.2 Å². The Labute approximate surface area is 66.4 Å². The molecule has 0 atom stereocenters. The molecular formula is C7H13N3O. The molecule has 0 saturated heterocycles. The predicted molar refractivity (Wildman–Crippen MR) is 44.6 cm³/mol. The highest BCUT2D eigenvalue weighted by atomic mass is 16.2. The maximum atomic E-state index is 11.1. The zero-order valence-corrected chi connectivity index (χ0v) is 7.01. The molecule has 0 unspecified atom stereocenters. The van der Waals surface area contributed by atoms with E-state index >= 15 is 0 Å². The molecule has 0 bridgehead atoms. The molecule has 0 radical (unpaired) electrons. The van der Waals surface area contributed by atoms with Gasteiger partial charge in [0.2, 0.25) is 0 Å². The van der Waals surface area contributed by atoms with Crippen molar-refractivity contribution in [3.63, 3.8) is 0 Å². The van der Waals surface area contributed by atoms with Gasteiger partial charge in [-0.05, 0) is 0 Å². The van der Waals surface area contributed by atoms with Crippen molar-refractivity contribution in [1.29, 1.82) is 5.41 Å². The number of likely N-dealkylation sites (N-methyl/N-ethyl adjacent to an activating group) is 1. The second-order valence-electron chi connectivity index (χ2n) is 2.23. The number of nitrogens with zero attached hydrogens (tertiary/aromatic N) is 1. The van der Waals surface area contributed by atoms with Crippen LogP contribution < -0.4 is 5.32 Å². The molecule has 0 aliphatic heterocycles. The van der Waals surface area contributed by atoms with Gasteiger partial charge in [0.1, 0.15) is 0 Å². The molecule has 62 valence electrons. The van der Waals surface area contributed by atoms with E-state index in [4.69, 9.17) is 5.41 Å². The van der Waals surface area contributed by atoms with Gasteiger partial charge in [-0.25, -0.2) is 0 Å². The van der Waals surface area contributed by atoms with E-state index in [1.54, 1.807) is 21.1 Å². The van der Waals surface area contributed by atoms with Crippen molar-refractivity contribution in [3.8, 4) is 0 Å². The van der Waals surface area contributed by atoms with Crippen LogP contribution in [0.4, 0.5) is 0 Å². The lowest BCUT2D eigenvalue weighted by atomic mass is 10.3. The van der Waals surface area contributed by atoms with Gasteiger partial charge < -0.3 is 15.6 Å². The molecule has 0 fully saturated rings. The number of rotatable bonds is 3. The standard InChI is InChI=1S/C7H13N3O/c1-9-5-6(4-8)7(11)10(2)3/h4-5,8-9H,1-3H3/b6-5+,8-4?. The minimum Gasteiger partial charge on any atom is -0.393 e. The monoisotopic (exact) mass is 155 g/mol. The first-order valence-electron chi connectivity index (χ1n) is 3.23. The fraction of sp³-hybridized carbons (Fsp3) is 0.429. The Morgan fingerprint density at radius 1 is 1.55 bits per heavy atom. The summed E-state index contributed by atoms with van der Waals surface area (Å²) in [6, 6.07) is 0. The molecular weight excluding hydrogens is 142 g/mol. The van der Waals surface area contributed by atoms with Crippen LogP contribution in [0.25, 0.3) is 0 Å². The van der Waals surface area contributed by atoms with Crippen molar-refractivity contribution in [3.05, 3.63) is 11.8 Å². The molecule has 4 nitrogen and oxygen atoms in total. The highest BCUT2D eigenvalue weighted by molar-refractivity contribution is 6.10. The summed E-state index contributed by atoms with van der Waals surface area (Å²) in [5.74, 6) is -0.172. The molecule has 2 N–H and O–H groups in total. The Hall–Kier alpha value is -1.32. The number of hydrogen-bond donors (Lipinski definition) is 2. The van der Waals surface area contributed by atoms with Crippen LogP contribution >= 0.6 is 0 Å². The number of hydrogen-bond acceptors (Lipinski definition) is 3. The Balaban J connectivity index is 4.39. The largest absolute Gasteiger partial charge is 0.393 e. The lowest BCUT2D eigenvalue weighted by molar-refractivity contribution is -0.124. The van der Waals surface area contributed by atoms with Crippen LogP contribution in [0.2, 0.25) is 0 Å². The Morgan fingerprint density at radius 2 is 2.09 bits per heavy atom. The molecule has 0 heterocycles. The zero-order chi connectivity index (χ0) is 8.85. The van der Waals surface area contributed by atoms with Gasteiger partial charge in [0.25, 0.3) is 5.91 Å². The van der Waals surface area contributed by atoms with Gasteiger partial charge in [-0.15, -0.1) is 0 Å². The van der Waals surface area contributed by atoms with E-state index in [0.29, 0.717) is 5.57 Å². The first-order valence-corrected chi connectivity index (χ1v) is 3.23. The van der Waals surface area contributed by atoms with Crippen molar-refractivity contribution >= 4 is 12.1 Å². The lowest BCUT2D eigenvalue weighted by Gasteiger charge is -2.09. The molecule has 0 spiro atoms. The van der Waals surface area contributed by atoms with Gasteiger partial charge in [-0.3, -0.25) is 4.79 Å². The van der Waals surface area contributed by atoms with Gasteiger partial charge in [0.05, 0.1) is 5.57 Å². The van der Waals surface area contributed by atoms with E-state index in [1.165, 1.54) is 11.1 Å². The summed E-state index contributed by atoms with van der Waals surface area (Å²) in [6.45, 7) is 0. The average molecular weight is 155 g/mol. The Kier molecular flexibility index (Phi) is 3.95. The average Bonchev–Trinajstić information content (AvgIpc) is 1.98. The molecule has 0 aliphatic rings. The van der Waals surface area contributed by atoms with Gasteiger partial charge in [-0.1, -0.05) is 0 Å². The molecule has 0 aliphatic carbocycles. The maximum absolute atomic E-state index is 11.1. The highest BCUT2D eigenvalue weighted by Crippen LogP contribution is 1.92. The van der Waals surface area contributed by atoms with Gasteiger partial charge in [-0.2, -0.15) is 0 Å². The zero-order valence-electron chi connectivity index (χ0n) is 7.01. The topological polar surface area (TPSA) is 56.2 Å². The molecule has 0 saturated carbocycles. The summed E-state index contributed by atoms with van der Waals surface area (Å²) >= 11 is 0. The smallest absolute Gasteiger partial charge is 0.256 e. The normalized spacial score (nSPS) is 10.6. The molecule has 4 heteroatoms. The molecule has 0 aromatic carbocycles. The SMILES string of the molecule is CN/C=C(\C=N)C(=O)N(C)C. The van der Waals surface area contributed by atoms with Crippen molar-refractivity contribution in [1.82, 2.24) is 10.2 Å². The summed E-state index contributed by atoms with van der Waals surface area (Å²) in [5.41, 5.74) is 0.345. The highest BCUT2D eigenvalue weighted by Gasteiger charge is 2.07. The first kappa shape index (κ1) is 9.68. The predicted octanol–water partition coefficient (Wildman–Crippen LogP) is -0.173. The van der Waals surface area contributed by atoms with Crippen molar-refractivity contribution < 1.29 is 4.79 Å². The van der Waals surface area contributed by atoms with Crippen LogP contribution in [0.5, 0.6) is 0 Å². The van der Waals surface area contributed by atoms with E-state index < -0.39 is 0 Å². The molecule has 0 aromatic rings. The fourth-order valence-corrected chi connectivity index (χ4v) is 0.579. The van der Waals surface area contributed by atoms with E-state index in [0.717, 1.165) is 6.21 Å². The Morgan fingerprint density at radius 3 is 2.36 bits per heavy atom. The van der Waals surface area contributed by atoms with Crippen molar-refractivity contribution in [2.24, 2.45) is 0 Å². The first-order chi connectivity index (χ1) is 5.13. The van der Waals surface area contributed by atoms with E-state index in [2.05, 4.69) is 5.32 Å². The van der Waals surface area contributed by atoms with Gasteiger partial charge in [0, 0.05) is 33.6 Å². The number of nitrogens with one attached hydrogen (secondary N) is 2. The van der Waals surface area contributed by atoms with Crippen molar-refractivity contribution in [2.45, 2.75) is 0 Å². The van der Waals surface area contributed by atoms with E-state index in [1.807, 2.05) is 0 Å². The third-order valence-corrected chi connectivity index (χ3v) is 1.11. The minimum absolute atomic E-state index is 0.172. The Bertz CT molecular complexity index is 184. The molecule has 0 rings (SSSR count). The number of carbonyl (C=O) groups excluding carboxylic acids is 1. The lowest BCUT2D eigenvalue weighted by Crippen LogP contribution is -2.24. The van der Waals surface area contributed by atoms with E-state index in [-0.39, 0.29) is 5.91 Å². The maximum Gasteiger partial charge on any atom is 0.256 e. The summed E-state index contributed by atoms with van der Waals surface area (Å²) in [6.07, 6.45) is 2.52. The fourth-order valence-electron chi connectivity index (χ4n) is 0.579. The van der Waals surface area contributed by atoms with Crippen molar-refractivity contribution in [2.75, 3.05) is 21.1 Å². The molecule has 11 heavy (non-hydrogen) atoms. The second-order valence-corrected chi connectivity index (χ2v) is 2.23. The van der Waals surface area contributed by atoms with Crippen LogP contribution in [0.15, 0.2) is 11.8 Å². The third-order valence-electron chi connectivity index (χ3n) is 1.11. The quantitative estimate of drug-likeness (QED) is 0.439. The number of amides is 1. The van der Waals surface area contributed by atoms with Crippen LogP contribution in [0.3, 0.4) is 0 Å². The van der Waals surface area contributed by atoms with Crippen LogP contribution in [-0.2, 0) is 4.79 Å². The summed E-state index contributed by atoms with van der Waals surface area (Å²) in [5, 5.41) is 9.60. The van der Waals surface area contributed by atoms with Gasteiger partial charge in [0.15, 0.2) is 0 Å². The van der Waals surface area contributed by atoms with Crippen LogP contribution in [0, 0.1) is 5.41 Å². The summed E-state index contributed by atoms with van der Waals surface area (Å²) < 4.78 is 0. The van der Waals surface area contributed by atoms with E-state index in [9.17, 15) is 4.79 Å².